The lowest BCUT2D eigenvalue weighted by atomic mass is 10.1. The molecule has 1 aliphatic rings. The Hall–Kier alpha value is -1.49. The maximum Gasteiger partial charge on any atom is 0.252 e. The summed E-state index contributed by atoms with van der Waals surface area (Å²) in [7, 11) is 0. The van der Waals surface area contributed by atoms with E-state index in [9.17, 15) is 9.18 Å². The van der Waals surface area contributed by atoms with Crippen molar-refractivity contribution in [1.82, 2.24) is 10.3 Å². The largest absolute Gasteiger partial charge is 0.381 e. The summed E-state index contributed by atoms with van der Waals surface area (Å²) >= 11 is 0. The Balaban J connectivity index is 1.85. The number of hydrogen-bond acceptors (Lipinski definition) is 3. The first-order valence-corrected chi connectivity index (χ1v) is 5.23. The second kappa shape index (κ2) is 5.03. The van der Waals surface area contributed by atoms with Gasteiger partial charge in [-0.1, -0.05) is 0 Å². The molecular formula is C11H13FN2O2. The van der Waals surface area contributed by atoms with Crippen molar-refractivity contribution in [1.29, 1.82) is 0 Å². The molecule has 5 heteroatoms. The van der Waals surface area contributed by atoms with Crippen molar-refractivity contribution in [3.63, 3.8) is 0 Å². The fraction of sp³-hybridized carbons (Fsp3) is 0.455. The van der Waals surface area contributed by atoms with Crippen LogP contribution in [-0.4, -0.2) is 30.6 Å². The van der Waals surface area contributed by atoms with Crippen LogP contribution in [0.15, 0.2) is 18.3 Å². The Bertz CT molecular complexity index is 361. The van der Waals surface area contributed by atoms with Crippen LogP contribution >= 0.6 is 0 Å². The second-order valence-corrected chi connectivity index (χ2v) is 3.81. The minimum absolute atomic E-state index is 0.223. The number of pyridine rings is 1. The molecule has 1 fully saturated rings. The molecule has 1 N–H and O–H groups in total. The number of carbonyl (C=O) groups excluding carboxylic acids is 1. The molecule has 0 aromatic carbocycles. The van der Waals surface area contributed by atoms with E-state index < -0.39 is 5.95 Å². The van der Waals surface area contributed by atoms with Crippen molar-refractivity contribution in [2.75, 3.05) is 19.8 Å². The molecule has 0 spiro atoms. The number of halogens is 1. The van der Waals surface area contributed by atoms with Crippen LogP contribution in [-0.2, 0) is 4.74 Å². The molecule has 1 atom stereocenters. The molecule has 1 aromatic heterocycles. The minimum atomic E-state index is -0.583. The maximum absolute atomic E-state index is 12.5. The highest BCUT2D eigenvalue weighted by Gasteiger charge is 2.16. The summed E-state index contributed by atoms with van der Waals surface area (Å²) in [5.74, 6) is -0.419. The van der Waals surface area contributed by atoms with Gasteiger partial charge in [-0.05, 0) is 18.6 Å². The summed E-state index contributed by atoms with van der Waals surface area (Å²) < 4.78 is 17.7. The molecule has 2 heterocycles. The van der Waals surface area contributed by atoms with E-state index in [-0.39, 0.29) is 5.91 Å². The Morgan fingerprint density at radius 3 is 3.12 bits per heavy atom. The van der Waals surface area contributed by atoms with Gasteiger partial charge in [-0.3, -0.25) is 4.79 Å². The number of ether oxygens (including phenoxy) is 1. The number of nitrogens with zero attached hydrogens (tertiary/aromatic N) is 1. The van der Waals surface area contributed by atoms with Crippen LogP contribution in [0.5, 0.6) is 0 Å². The Morgan fingerprint density at radius 1 is 1.62 bits per heavy atom. The lowest BCUT2D eigenvalue weighted by molar-refractivity contribution is 0.0944. The average Bonchev–Trinajstić information content (AvgIpc) is 2.80. The summed E-state index contributed by atoms with van der Waals surface area (Å²) in [6, 6.07) is 2.59. The number of nitrogens with one attached hydrogen (secondary N) is 1. The van der Waals surface area contributed by atoms with Gasteiger partial charge in [0.1, 0.15) is 0 Å². The fourth-order valence-corrected chi connectivity index (χ4v) is 1.59. The third kappa shape index (κ3) is 2.76. The standard InChI is InChI=1S/C11H13FN2O2/c12-10-2-1-9(6-13-10)11(15)14-5-8-3-4-16-7-8/h1-2,6,8H,3-5,7H2,(H,14,15). The van der Waals surface area contributed by atoms with Gasteiger partial charge in [-0.15, -0.1) is 0 Å². The van der Waals surface area contributed by atoms with Crippen LogP contribution in [0.2, 0.25) is 0 Å². The summed E-state index contributed by atoms with van der Waals surface area (Å²) in [5, 5.41) is 2.78. The second-order valence-electron chi connectivity index (χ2n) is 3.81. The van der Waals surface area contributed by atoms with Crippen molar-refractivity contribution >= 4 is 5.91 Å². The van der Waals surface area contributed by atoms with Crippen LogP contribution in [0.25, 0.3) is 0 Å². The molecule has 1 saturated heterocycles. The zero-order valence-corrected chi connectivity index (χ0v) is 8.78. The molecule has 1 aromatic rings. The molecule has 1 unspecified atom stereocenters. The van der Waals surface area contributed by atoms with E-state index in [2.05, 4.69) is 10.3 Å². The lowest BCUT2D eigenvalue weighted by Gasteiger charge is -2.08. The number of carbonyl (C=O) groups is 1. The van der Waals surface area contributed by atoms with E-state index in [1.807, 2.05) is 0 Å². The number of aromatic nitrogens is 1. The zero-order chi connectivity index (χ0) is 11.4. The molecule has 4 nitrogen and oxygen atoms in total. The predicted octanol–water partition coefficient (Wildman–Crippen LogP) is 0.987. The van der Waals surface area contributed by atoms with Gasteiger partial charge in [0.2, 0.25) is 5.95 Å². The third-order valence-corrected chi connectivity index (χ3v) is 2.56. The third-order valence-electron chi connectivity index (χ3n) is 2.56. The molecule has 16 heavy (non-hydrogen) atoms. The Morgan fingerprint density at radius 2 is 2.50 bits per heavy atom. The highest BCUT2D eigenvalue weighted by molar-refractivity contribution is 5.93. The van der Waals surface area contributed by atoms with Crippen LogP contribution in [0.4, 0.5) is 4.39 Å². The van der Waals surface area contributed by atoms with E-state index in [0.29, 0.717) is 24.6 Å². The molecule has 0 aliphatic carbocycles. The van der Waals surface area contributed by atoms with E-state index >= 15 is 0 Å². The molecule has 0 saturated carbocycles. The Kier molecular flexibility index (Phi) is 3.46. The van der Waals surface area contributed by atoms with Crippen LogP contribution in [0, 0.1) is 11.9 Å². The van der Waals surface area contributed by atoms with Crippen molar-refractivity contribution in [2.45, 2.75) is 6.42 Å². The van der Waals surface area contributed by atoms with Gasteiger partial charge in [-0.25, -0.2) is 4.98 Å². The van der Waals surface area contributed by atoms with E-state index in [1.54, 1.807) is 0 Å². The Labute approximate surface area is 92.8 Å². The normalized spacial score (nSPS) is 19.7. The van der Waals surface area contributed by atoms with Gasteiger partial charge in [0, 0.05) is 25.3 Å². The van der Waals surface area contributed by atoms with Gasteiger partial charge < -0.3 is 10.1 Å². The smallest absolute Gasteiger partial charge is 0.252 e. The van der Waals surface area contributed by atoms with Crippen molar-refractivity contribution in [2.24, 2.45) is 5.92 Å². The molecule has 1 aliphatic heterocycles. The average molecular weight is 224 g/mol. The molecule has 0 bridgehead atoms. The SMILES string of the molecule is O=C(NCC1CCOC1)c1ccc(F)nc1. The molecule has 1 amide bonds. The van der Waals surface area contributed by atoms with Gasteiger partial charge >= 0.3 is 0 Å². The zero-order valence-electron chi connectivity index (χ0n) is 8.78. The number of amides is 1. The van der Waals surface area contributed by atoms with Gasteiger partial charge in [0.05, 0.1) is 12.2 Å². The summed E-state index contributed by atoms with van der Waals surface area (Å²) in [4.78, 5) is 15.0. The van der Waals surface area contributed by atoms with Gasteiger partial charge in [-0.2, -0.15) is 4.39 Å². The molecule has 86 valence electrons. The highest BCUT2D eigenvalue weighted by Crippen LogP contribution is 2.10. The summed E-state index contributed by atoms with van der Waals surface area (Å²) in [5.41, 5.74) is 0.375. The molecule has 2 rings (SSSR count). The van der Waals surface area contributed by atoms with Crippen molar-refractivity contribution in [3.05, 3.63) is 29.8 Å². The maximum atomic E-state index is 12.5. The van der Waals surface area contributed by atoms with Gasteiger partial charge in [0.25, 0.3) is 5.91 Å². The first kappa shape index (κ1) is 11.0. The minimum Gasteiger partial charge on any atom is -0.381 e. The first-order chi connectivity index (χ1) is 7.75. The first-order valence-electron chi connectivity index (χ1n) is 5.23. The monoisotopic (exact) mass is 224 g/mol. The fourth-order valence-electron chi connectivity index (χ4n) is 1.59. The molecular weight excluding hydrogens is 211 g/mol. The van der Waals surface area contributed by atoms with Crippen LogP contribution < -0.4 is 5.32 Å². The van der Waals surface area contributed by atoms with Crippen molar-refractivity contribution in [3.8, 4) is 0 Å². The topological polar surface area (TPSA) is 51.2 Å². The lowest BCUT2D eigenvalue weighted by Crippen LogP contribution is -2.29. The predicted molar refractivity (Wildman–Crippen MR) is 55.5 cm³/mol. The summed E-state index contributed by atoms with van der Waals surface area (Å²) in [6.07, 6.45) is 2.21. The number of rotatable bonds is 3. The number of hydrogen-bond donors (Lipinski definition) is 1. The molecule has 0 radical (unpaired) electrons. The van der Waals surface area contributed by atoms with E-state index in [1.165, 1.54) is 18.3 Å². The van der Waals surface area contributed by atoms with Crippen LogP contribution in [0.1, 0.15) is 16.8 Å². The summed E-state index contributed by atoms with van der Waals surface area (Å²) in [6.45, 7) is 2.05. The quantitative estimate of drug-likeness (QED) is 0.779. The van der Waals surface area contributed by atoms with E-state index in [0.717, 1.165) is 13.0 Å². The van der Waals surface area contributed by atoms with Gasteiger partial charge in [0.15, 0.2) is 0 Å². The van der Waals surface area contributed by atoms with Crippen molar-refractivity contribution < 1.29 is 13.9 Å². The highest BCUT2D eigenvalue weighted by atomic mass is 19.1. The van der Waals surface area contributed by atoms with E-state index in [4.69, 9.17) is 4.74 Å². The van der Waals surface area contributed by atoms with Crippen LogP contribution in [0.3, 0.4) is 0 Å².